The van der Waals surface area contributed by atoms with Crippen LogP contribution in [0.15, 0.2) is 30.3 Å². The molecule has 1 aromatic carbocycles. The number of carbonyl (C=O) groups excluding carboxylic acids is 1. The van der Waals surface area contributed by atoms with E-state index in [-0.39, 0.29) is 11.7 Å². The van der Waals surface area contributed by atoms with E-state index in [1.807, 2.05) is 0 Å². The molecule has 33 heavy (non-hydrogen) atoms. The van der Waals surface area contributed by atoms with Crippen LogP contribution in [0, 0.1) is 24.5 Å². The van der Waals surface area contributed by atoms with Gasteiger partial charge < -0.3 is 14.2 Å². The molecule has 0 atom stereocenters. The second kappa shape index (κ2) is 7.53. The smallest absolute Gasteiger partial charge is 0.436 e. The maximum Gasteiger partial charge on any atom is 0.436 e. The van der Waals surface area contributed by atoms with Crippen molar-refractivity contribution in [2.75, 3.05) is 6.54 Å². The Balaban J connectivity index is 1.42. The first-order chi connectivity index (χ1) is 15.6. The Labute approximate surface area is 184 Å². The quantitative estimate of drug-likeness (QED) is 0.489. The highest BCUT2D eigenvalue weighted by atomic mass is 19.4. The van der Waals surface area contributed by atoms with Gasteiger partial charge in [-0.1, -0.05) is 0 Å². The number of rotatable bonds is 5. The van der Waals surface area contributed by atoms with Gasteiger partial charge in [-0.2, -0.15) is 13.2 Å². The molecule has 172 valence electrons. The number of amides is 1. The molecular weight excluding hydrogens is 447 g/mol. The molecule has 2 aliphatic rings. The first kappa shape index (κ1) is 21.4. The zero-order chi connectivity index (χ0) is 23.5. The number of alkyl halides is 3. The van der Waals surface area contributed by atoms with E-state index in [2.05, 4.69) is 9.97 Å². The number of aryl methyl sites for hydroxylation is 1. The summed E-state index contributed by atoms with van der Waals surface area (Å²) in [5.74, 6) is -2.76. The molecule has 0 spiro atoms. The van der Waals surface area contributed by atoms with Crippen molar-refractivity contribution in [3.05, 3.63) is 59.2 Å². The highest BCUT2D eigenvalue weighted by Gasteiger charge is 2.37. The molecule has 0 radical (unpaired) electrons. The van der Waals surface area contributed by atoms with Crippen LogP contribution in [0.5, 0.6) is 11.6 Å². The molecule has 1 aliphatic carbocycles. The number of pyridine rings is 1. The minimum absolute atomic E-state index is 0.167. The fourth-order valence-electron chi connectivity index (χ4n) is 3.89. The van der Waals surface area contributed by atoms with Gasteiger partial charge in [-0.15, -0.1) is 0 Å². The average Bonchev–Trinajstić information content (AvgIpc) is 3.44. The van der Waals surface area contributed by atoms with Crippen LogP contribution in [0.2, 0.25) is 0 Å². The van der Waals surface area contributed by atoms with Crippen LogP contribution >= 0.6 is 0 Å². The monoisotopic (exact) mass is 464 g/mol. The van der Waals surface area contributed by atoms with Gasteiger partial charge in [0.1, 0.15) is 0 Å². The first-order valence-corrected chi connectivity index (χ1v) is 10.2. The lowest BCUT2D eigenvalue weighted by molar-refractivity contribution is -0.143. The van der Waals surface area contributed by atoms with Crippen LogP contribution in [-0.4, -0.2) is 31.9 Å². The number of ether oxygens (including phenoxy) is 1. The van der Waals surface area contributed by atoms with Crippen molar-refractivity contribution >= 4 is 5.91 Å². The molecule has 1 amide bonds. The van der Waals surface area contributed by atoms with E-state index >= 15 is 0 Å². The number of benzene rings is 1. The lowest BCUT2D eigenvalue weighted by Gasteiger charge is -2.16. The van der Waals surface area contributed by atoms with Crippen molar-refractivity contribution in [3.8, 4) is 22.9 Å². The number of nitrogens with zero attached hydrogens (tertiary/aromatic N) is 4. The molecule has 5 rings (SSSR count). The molecular formula is C22H17F5N4O2. The standard InChI is InChI=1S/C22H17F5N4O2/c1-11-18(31-10-30(9-12-2-3-12)21(32)20(31)28-11)13-4-6-16(15(24)8-13)33-17-7-5-14(23)19(29-17)22(25,26)27/h4-8,12H,2-3,9-10H2,1H3. The van der Waals surface area contributed by atoms with Gasteiger partial charge in [-0.05, 0) is 49.9 Å². The van der Waals surface area contributed by atoms with Crippen molar-refractivity contribution in [1.82, 2.24) is 19.4 Å². The number of hydrogen-bond acceptors (Lipinski definition) is 4. The molecule has 0 unspecified atom stereocenters. The van der Waals surface area contributed by atoms with Gasteiger partial charge in [0.25, 0.3) is 5.91 Å². The summed E-state index contributed by atoms with van der Waals surface area (Å²) in [7, 11) is 0. The van der Waals surface area contributed by atoms with Crippen LogP contribution in [-0.2, 0) is 12.8 Å². The normalized spacial score (nSPS) is 15.8. The SMILES string of the molecule is Cc1nc2n(c1-c1ccc(Oc3ccc(F)c(C(F)(F)F)n3)c(F)c1)CN(CC1CC1)C2=O. The number of carbonyl (C=O) groups is 1. The van der Waals surface area contributed by atoms with Gasteiger partial charge in [0.15, 0.2) is 23.1 Å². The van der Waals surface area contributed by atoms with E-state index in [9.17, 15) is 26.7 Å². The Bertz CT molecular complexity index is 1270. The topological polar surface area (TPSA) is 60.2 Å². The van der Waals surface area contributed by atoms with E-state index in [4.69, 9.17) is 4.74 Å². The van der Waals surface area contributed by atoms with Gasteiger partial charge in [0, 0.05) is 18.2 Å². The third-order valence-corrected chi connectivity index (χ3v) is 5.62. The maximum absolute atomic E-state index is 14.8. The van der Waals surface area contributed by atoms with Gasteiger partial charge in [0.2, 0.25) is 11.7 Å². The lowest BCUT2D eigenvalue weighted by atomic mass is 10.1. The largest absolute Gasteiger partial charge is 0.436 e. The fourth-order valence-corrected chi connectivity index (χ4v) is 3.89. The van der Waals surface area contributed by atoms with E-state index in [0.29, 0.717) is 48.0 Å². The number of fused-ring (bicyclic) bond motifs is 1. The Kier molecular flexibility index (Phi) is 4.87. The Morgan fingerprint density at radius 3 is 2.52 bits per heavy atom. The second-order valence-electron chi connectivity index (χ2n) is 8.13. The van der Waals surface area contributed by atoms with E-state index in [1.165, 1.54) is 12.1 Å². The number of halogens is 5. The van der Waals surface area contributed by atoms with Crippen molar-refractivity contribution < 1.29 is 31.5 Å². The van der Waals surface area contributed by atoms with Crippen LogP contribution in [0.1, 0.15) is 34.8 Å². The Morgan fingerprint density at radius 2 is 1.85 bits per heavy atom. The molecule has 0 bridgehead atoms. The second-order valence-corrected chi connectivity index (χ2v) is 8.13. The molecule has 3 heterocycles. The summed E-state index contributed by atoms with van der Waals surface area (Å²) in [6.07, 6.45) is -2.83. The van der Waals surface area contributed by atoms with Crippen molar-refractivity contribution in [2.45, 2.75) is 32.6 Å². The zero-order valence-corrected chi connectivity index (χ0v) is 17.3. The predicted molar refractivity (Wildman–Crippen MR) is 105 cm³/mol. The number of hydrogen-bond donors (Lipinski definition) is 0. The Morgan fingerprint density at radius 1 is 1.09 bits per heavy atom. The molecule has 6 nitrogen and oxygen atoms in total. The highest BCUT2D eigenvalue weighted by molar-refractivity contribution is 5.94. The minimum Gasteiger partial charge on any atom is -0.436 e. The van der Waals surface area contributed by atoms with Gasteiger partial charge in [0.05, 0.1) is 18.1 Å². The summed E-state index contributed by atoms with van der Waals surface area (Å²) >= 11 is 0. The minimum atomic E-state index is -5.02. The summed E-state index contributed by atoms with van der Waals surface area (Å²) < 4.78 is 73.7. The van der Waals surface area contributed by atoms with Crippen LogP contribution in [0.3, 0.4) is 0 Å². The van der Waals surface area contributed by atoms with Gasteiger partial charge in [-0.3, -0.25) is 4.79 Å². The van der Waals surface area contributed by atoms with Crippen molar-refractivity contribution in [2.24, 2.45) is 5.92 Å². The zero-order valence-electron chi connectivity index (χ0n) is 17.3. The molecule has 1 fully saturated rings. The Hall–Kier alpha value is -3.50. The summed E-state index contributed by atoms with van der Waals surface area (Å²) in [5, 5.41) is 0. The summed E-state index contributed by atoms with van der Waals surface area (Å²) in [6, 6.07) is 5.33. The number of imidazole rings is 1. The van der Waals surface area contributed by atoms with E-state index < -0.39 is 29.4 Å². The van der Waals surface area contributed by atoms with Crippen LogP contribution < -0.4 is 4.74 Å². The van der Waals surface area contributed by atoms with E-state index in [1.54, 1.807) is 16.4 Å². The lowest BCUT2D eigenvalue weighted by Crippen LogP contribution is -2.27. The average molecular weight is 464 g/mol. The van der Waals surface area contributed by atoms with E-state index in [0.717, 1.165) is 25.0 Å². The van der Waals surface area contributed by atoms with Crippen LogP contribution in [0.4, 0.5) is 22.0 Å². The molecule has 2 aromatic heterocycles. The van der Waals surface area contributed by atoms with Gasteiger partial charge in [-0.25, -0.2) is 18.7 Å². The molecule has 1 saturated carbocycles. The first-order valence-electron chi connectivity index (χ1n) is 10.2. The van der Waals surface area contributed by atoms with Crippen molar-refractivity contribution in [1.29, 1.82) is 0 Å². The predicted octanol–water partition coefficient (Wildman–Crippen LogP) is 5.17. The van der Waals surface area contributed by atoms with Crippen molar-refractivity contribution in [3.63, 3.8) is 0 Å². The molecule has 0 N–H and O–H groups in total. The van der Waals surface area contributed by atoms with Crippen LogP contribution in [0.25, 0.3) is 11.3 Å². The highest BCUT2D eigenvalue weighted by Crippen LogP contribution is 2.36. The third kappa shape index (κ3) is 3.91. The number of aromatic nitrogens is 3. The molecule has 11 heteroatoms. The molecule has 0 saturated heterocycles. The summed E-state index contributed by atoms with van der Waals surface area (Å²) in [5.41, 5.74) is -0.197. The fraction of sp³-hybridized carbons (Fsp3) is 0.318. The molecule has 3 aromatic rings. The van der Waals surface area contributed by atoms with Gasteiger partial charge >= 0.3 is 6.18 Å². The maximum atomic E-state index is 14.8. The molecule has 1 aliphatic heterocycles. The third-order valence-electron chi connectivity index (χ3n) is 5.62. The summed E-state index contributed by atoms with van der Waals surface area (Å²) in [6.45, 7) is 2.69. The summed E-state index contributed by atoms with van der Waals surface area (Å²) in [4.78, 5) is 21.8.